The summed E-state index contributed by atoms with van der Waals surface area (Å²) in [6.07, 6.45) is 0. The molecule has 2 aromatic rings. The lowest BCUT2D eigenvalue weighted by Crippen LogP contribution is -2.15. The van der Waals surface area contributed by atoms with E-state index in [9.17, 15) is 22.4 Å². The highest BCUT2D eigenvalue weighted by Crippen LogP contribution is 2.28. The number of carbonyl (C=O) groups excluding carboxylic acids is 1. The molecule has 24 heavy (non-hydrogen) atoms. The van der Waals surface area contributed by atoms with Crippen LogP contribution in [0.5, 0.6) is 17.2 Å². The molecule has 0 atom stereocenters. The molecule has 0 fully saturated rings. The molecule has 8 heteroatoms. The van der Waals surface area contributed by atoms with E-state index in [2.05, 4.69) is 4.74 Å². The van der Waals surface area contributed by atoms with Crippen LogP contribution in [0, 0.1) is 23.3 Å². The summed E-state index contributed by atoms with van der Waals surface area (Å²) >= 11 is 0. The molecule has 0 aliphatic rings. The molecule has 0 heterocycles. The number of benzene rings is 2. The van der Waals surface area contributed by atoms with Crippen LogP contribution >= 0.6 is 0 Å². The monoisotopic (exact) mass is 344 g/mol. The molecule has 0 radical (unpaired) electrons. The Labute approximate surface area is 134 Å². The second-order valence-electron chi connectivity index (χ2n) is 4.58. The van der Waals surface area contributed by atoms with E-state index in [1.54, 1.807) is 0 Å². The van der Waals surface area contributed by atoms with Gasteiger partial charge in [-0.1, -0.05) is 0 Å². The minimum Gasteiger partial charge on any atom is -0.497 e. The van der Waals surface area contributed by atoms with Gasteiger partial charge >= 0.3 is 0 Å². The summed E-state index contributed by atoms with van der Waals surface area (Å²) in [5.41, 5.74) is 0.0518. The second kappa shape index (κ2) is 7.20. The Bertz CT molecular complexity index is 751. The Kier molecular flexibility index (Phi) is 5.28. The Morgan fingerprint density at radius 1 is 0.958 bits per heavy atom. The maximum absolute atomic E-state index is 13.5. The van der Waals surface area contributed by atoms with E-state index in [1.165, 1.54) is 32.4 Å². The third kappa shape index (κ3) is 3.42. The zero-order chi connectivity index (χ0) is 17.9. The maximum atomic E-state index is 13.5. The number of methoxy groups -OCH3 is 2. The number of hydrogen-bond acceptors (Lipinski definition) is 4. The minimum absolute atomic E-state index is 0.0475. The number of hydrogen-bond donors (Lipinski definition) is 0. The molecule has 0 saturated heterocycles. The predicted octanol–water partition coefficient (Wildman–Crippen LogP) is 3.52. The molecule has 0 aliphatic carbocycles. The van der Waals surface area contributed by atoms with Gasteiger partial charge in [-0.05, 0) is 12.1 Å². The molecule has 0 spiro atoms. The Hall–Kier alpha value is -2.77. The van der Waals surface area contributed by atoms with Crippen LogP contribution in [0.15, 0.2) is 24.3 Å². The summed E-state index contributed by atoms with van der Waals surface area (Å²) < 4.78 is 67.8. The highest BCUT2D eigenvalue weighted by molar-refractivity contribution is 6.00. The molecule has 4 nitrogen and oxygen atoms in total. The minimum atomic E-state index is -1.72. The van der Waals surface area contributed by atoms with Crippen LogP contribution in [0.25, 0.3) is 0 Å². The van der Waals surface area contributed by atoms with Gasteiger partial charge in [0.05, 0.1) is 19.8 Å². The van der Waals surface area contributed by atoms with Crippen molar-refractivity contribution in [2.45, 2.75) is 0 Å². The first-order chi connectivity index (χ1) is 11.4. The summed E-state index contributed by atoms with van der Waals surface area (Å²) in [5.74, 6) is -8.13. The predicted molar refractivity (Wildman–Crippen MR) is 75.6 cm³/mol. The van der Waals surface area contributed by atoms with Crippen LogP contribution in [0.4, 0.5) is 17.6 Å². The zero-order valence-electron chi connectivity index (χ0n) is 12.7. The van der Waals surface area contributed by atoms with Crippen LogP contribution in [-0.2, 0) is 0 Å². The van der Waals surface area contributed by atoms with E-state index in [0.717, 1.165) is 0 Å². The highest BCUT2D eigenvalue weighted by Gasteiger charge is 2.22. The average Bonchev–Trinajstić information content (AvgIpc) is 2.59. The Balaban J connectivity index is 2.23. The molecule has 2 rings (SSSR count). The SMILES string of the molecule is COc1ccc(C(=O)COc2c(F)c(F)cc(F)c2F)c(OC)c1. The highest BCUT2D eigenvalue weighted by atomic mass is 19.2. The van der Waals surface area contributed by atoms with Crippen molar-refractivity contribution in [3.63, 3.8) is 0 Å². The van der Waals surface area contributed by atoms with E-state index in [1.807, 2.05) is 0 Å². The lowest BCUT2D eigenvalue weighted by Gasteiger charge is -2.11. The van der Waals surface area contributed by atoms with Crippen molar-refractivity contribution in [2.24, 2.45) is 0 Å². The van der Waals surface area contributed by atoms with Gasteiger partial charge in [-0.25, -0.2) is 8.78 Å². The molecule has 0 aliphatic heterocycles. The number of ketones is 1. The van der Waals surface area contributed by atoms with Crippen molar-refractivity contribution in [1.29, 1.82) is 0 Å². The van der Waals surface area contributed by atoms with Gasteiger partial charge in [0, 0.05) is 12.1 Å². The summed E-state index contributed by atoms with van der Waals surface area (Å²) in [6, 6.07) is 4.31. The molecule has 0 N–H and O–H groups in total. The van der Waals surface area contributed by atoms with E-state index in [0.29, 0.717) is 5.75 Å². The van der Waals surface area contributed by atoms with Gasteiger partial charge in [0.1, 0.15) is 11.5 Å². The van der Waals surface area contributed by atoms with Crippen molar-refractivity contribution in [3.8, 4) is 17.2 Å². The van der Waals surface area contributed by atoms with E-state index in [4.69, 9.17) is 9.47 Å². The molecule has 0 saturated carbocycles. The average molecular weight is 344 g/mol. The van der Waals surface area contributed by atoms with Crippen LogP contribution in [0.3, 0.4) is 0 Å². The van der Waals surface area contributed by atoms with E-state index >= 15 is 0 Å². The standard InChI is InChI=1S/C16H12F4O4/c1-22-8-3-4-9(13(5-8)23-2)12(21)7-24-16-14(19)10(17)6-11(18)15(16)20/h3-6H,7H2,1-2H3. The van der Waals surface area contributed by atoms with Crippen LogP contribution < -0.4 is 14.2 Å². The summed E-state index contributed by atoms with van der Waals surface area (Å²) in [6.45, 7) is -0.848. The molecular formula is C16H12F4O4. The second-order valence-corrected chi connectivity index (χ2v) is 4.58. The van der Waals surface area contributed by atoms with Crippen molar-refractivity contribution < 1.29 is 36.6 Å². The van der Waals surface area contributed by atoms with Gasteiger partial charge in [0.25, 0.3) is 0 Å². The third-order valence-electron chi connectivity index (χ3n) is 3.13. The first-order valence-electron chi connectivity index (χ1n) is 6.60. The fourth-order valence-electron chi connectivity index (χ4n) is 1.92. The number of ether oxygens (including phenoxy) is 3. The smallest absolute Gasteiger partial charge is 0.203 e. The van der Waals surface area contributed by atoms with Crippen LogP contribution in [0.2, 0.25) is 0 Å². The zero-order valence-corrected chi connectivity index (χ0v) is 12.7. The molecule has 0 unspecified atom stereocenters. The normalized spacial score (nSPS) is 10.4. The molecule has 0 amide bonds. The number of Topliss-reactive ketones (excluding diaryl/α,β-unsaturated/α-hetero) is 1. The first kappa shape index (κ1) is 17.6. The largest absolute Gasteiger partial charge is 0.497 e. The maximum Gasteiger partial charge on any atom is 0.203 e. The fraction of sp³-hybridized carbons (Fsp3) is 0.188. The number of carbonyl (C=O) groups is 1. The summed E-state index contributed by atoms with van der Waals surface area (Å²) in [4.78, 5) is 12.1. The van der Waals surface area contributed by atoms with Crippen molar-refractivity contribution in [3.05, 3.63) is 53.1 Å². The van der Waals surface area contributed by atoms with Crippen molar-refractivity contribution in [2.75, 3.05) is 20.8 Å². The fourth-order valence-corrected chi connectivity index (χ4v) is 1.92. The number of halogens is 4. The Morgan fingerprint density at radius 3 is 2.12 bits per heavy atom. The summed E-state index contributed by atoms with van der Waals surface area (Å²) in [7, 11) is 2.73. The molecule has 0 bridgehead atoms. The molecule has 0 aromatic heterocycles. The van der Waals surface area contributed by atoms with E-state index < -0.39 is 41.4 Å². The Morgan fingerprint density at radius 2 is 1.58 bits per heavy atom. The molecule has 128 valence electrons. The summed E-state index contributed by atoms with van der Waals surface area (Å²) in [5, 5.41) is 0. The molecule has 2 aromatic carbocycles. The van der Waals surface area contributed by atoms with Gasteiger partial charge in [0.15, 0.2) is 24.0 Å². The molecular weight excluding hydrogens is 332 g/mol. The number of rotatable bonds is 6. The van der Waals surface area contributed by atoms with Crippen molar-refractivity contribution in [1.82, 2.24) is 0 Å². The van der Waals surface area contributed by atoms with Gasteiger partial charge in [0.2, 0.25) is 17.4 Å². The van der Waals surface area contributed by atoms with Crippen LogP contribution in [0.1, 0.15) is 10.4 Å². The third-order valence-corrected chi connectivity index (χ3v) is 3.13. The van der Waals surface area contributed by atoms with Crippen molar-refractivity contribution >= 4 is 5.78 Å². The van der Waals surface area contributed by atoms with Crippen LogP contribution in [-0.4, -0.2) is 26.6 Å². The van der Waals surface area contributed by atoms with Gasteiger partial charge < -0.3 is 14.2 Å². The van der Waals surface area contributed by atoms with Gasteiger partial charge in [-0.3, -0.25) is 4.79 Å². The van der Waals surface area contributed by atoms with Gasteiger partial charge in [-0.15, -0.1) is 0 Å². The topological polar surface area (TPSA) is 44.8 Å². The lowest BCUT2D eigenvalue weighted by atomic mass is 10.1. The lowest BCUT2D eigenvalue weighted by molar-refractivity contribution is 0.0910. The van der Waals surface area contributed by atoms with E-state index in [-0.39, 0.29) is 17.4 Å². The quantitative estimate of drug-likeness (QED) is 0.457. The first-order valence-corrected chi connectivity index (χ1v) is 6.60. The van der Waals surface area contributed by atoms with Gasteiger partial charge in [-0.2, -0.15) is 8.78 Å².